The molecule has 0 spiro atoms. The Hall–Kier alpha value is -5.47. The van der Waals surface area contributed by atoms with Crippen LogP contribution in [0.15, 0.2) is 60.9 Å². The second-order valence-electron chi connectivity index (χ2n) is 14.8. The molecule has 2 aromatic carbocycles. The summed E-state index contributed by atoms with van der Waals surface area (Å²) in [6, 6.07) is 15.4. The van der Waals surface area contributed by atoms with Crippen molar-refractivity contribution in [3.63, 3.8) is 0 Å². The minimum atomic E-state index is -0.764. The van der Waals surface area contributed by atoms with E-state index in [1.54, 1.807) is 22.4 Å². The van der Waals surface area contributed by atoms with Gasteiger partial charge in [0.05, 0.1) is 65.1 Å². The number of aryl methyl sites for hydroxylation is 1. The van der Waals surface area contributed by atoms with E-state index in [9.17, 15) is 9.59 Å². The number of hydrogen-bond donors (Lipinski definition) is 4. The lowest BCUT2D eigenvalue weighted by molar-refractivity contribution is -0.135. The van der Waals surface area contributed by atoms with E-state index in [0.717, 1.165) is 64.4 Å². The number of benzene rings is 2. The average Bonchev–Trinajstić information content (AvgIpc) is 4.05. The SMILES string of the molecule is CCCN(Cc1ncc(-c2cc(F)c3c(c2)OC(c2ccc(CC)s2)n2c-3cc3cc(-c4cnc([C@@H]5CCCN5)[nH]4)ccc32)[nH]1)C(=O)C(NC(=O)OC)C(C)C. The first-order valence-corrected chi connectivity index (χ1v) is 20.2. The number of nitrogens with one attached hydrogen (secondary N) is 4. The molecule has 0 bridgehead atoms. The van der Waals surface area contributed by atoms with Crippen LogP contribution >= 0.6 is 11.3 Å². The fraction of sp³-hybridized carbons (Fsp3) is 0.381. The summed E-state index contributed by atoms with van der Waals surface area (Å²) >= 11 is 1.70. The molecule has 12 nitrogen and oxygen atoms in total. The number of thiophene rings is 1. The third-order valence-electron chi connectivity index (χ3n) is 10.7. The van der Waals surface area contributed by atoms with Crippen LogP contribution in [-0.4, -0.2) is 67.6 Å². The zero-order valence-corrected chi connectivity index (χ0v) is 33.1. The third kappa shape index (κ3) is 7.07. The zero-order valence-electron chi connectivity index (χ0n) is 32.2. The standard InChI is InChI=1S/C42H47FN8O4S/c1-6-15-50(40(52)38(23(3)4)49-42(53)54-5)22-36-45-20-31(47-36)25-17-28(43)37-33-18-26-16-24(30-21-46-39(48-30)29-9-8-14-44-29)10-12-32(26)51(33)41(55-34(37)19-25)35-13-11-27(7-2)56-35/h10-13,16-21,23,29,38,41,44H,6-9,14-15,22H2,1-5H3,(H,45,47)(H,46,48)(H,49,53)/t29-,38?,41?/m0/s1. The number of methoxy groups -OCH3 is 1. The van der Waals surface area contributed by atoms with Gasteiger partial charge in [0, 0.05) is 27.9 Å². The molecule has 2 unspecified atom stereocenters. The molecule has 8 rings (SSSR count). The number of halogens is 1. The Kier molecular flexibility index (Phi) is 10.4. The van der Waals surface area contributed by atoms with Gasteiger partial charge in [0.1, 0.15) is 29.3 Å². The summed E-state index contributed by atoms with van der Waals surface area (Å²) < 4.78 is 30.2. The molecule has 0 radical (unpaired) electrons. The van der Waals surface area contributed by atoms with Crippen LogP contribution in [0.5, 0.6) is 5.75 Å². The van der Waals surface area contributed by atoms with Crippen molar-refractivity contribution in [3.05, 3.63) is 88.1 Å². The first kappa shape index (κ1) is 37.5. The fourth-order valence-electron chi connectivity index (χ4n) is 7.78. The van der Waals surface area contributed by atoms with Gasteiger partial charge in [0.2, 0.25) is 12.1 Å². The van der Waals surface area contributed by atoms with Crippen molar-refractivity contribution in [2.24, 2.45) is 5.92 Å². The number of rotatable bonds is 12. The van der Waals surface area contributed by atoms with Crippen molar-refractivity contribution in [1.29, 1.82) is 0 Å². The van der Waals surface area contributed by atoms with Gasteiger partial charge in [0.15, 0.2) is 0 Å². The third-order valence-corrected chi connectivity index (χ3v) is 11.9. The van der Waals surface area contributed by atoms with Gasteiger partial charge in [-0.15, -0.1) is 11.3 Å². The Morgan fingerprint density at radius 1 is 1.07 bits per heavy atom. The Balaban J connectivity index is 1.13. The van der Waals surface area contributed by atoms with E-state index in [-0.39, 0.29) is 24.4 Å². The number of carbonyl (C=O) groups excluding carboxylic acids is 2. The van der Waals surface area contributed by atoms with Crippen LogP contribution in [0.1, 0.15) is 80.6 Å². The first-order chi connectivity index (χ1) is 27.1. The van der Waals surface area contributed by atoms with Crippen molar-refractivity contribution in [1.82, 2.24) is 40.0 Å². The molecular formula is C42H47FN8O4S. The lowest BCUT2D eigenvalue weighted by Crippen LogP contribution is -2.51. The van der Waals surface area contributed by atoms with Crippen LogP contribution in [0.2, 0.25) is 0 Å². The largest absolute Gasteiger partial charge is 0.464 e. The number of ether oxygens (including phenoxy) is 2. The van der Waals surface area contributed by atoms with E-state index in [2.05, 4.69) is 72.4 Å². The quantitative estimate of drug-likeness (QED) is 0.0979. The Labute approximate surface area is 328 Å². The van der Waals surface area contributed by atoms with E-state index in [0.29, 0.717) is 41.4 Å². The molecular weight excluding hydrogens is 732 g/mol. The molecule has 4 N–H and O–H groups in total. The number of aromatic nitrogens is 5. The predicted molar refractivity (Wildman–Crippen MR) is 215 cm³/mol. The van der Waals surface area contributed by atoms with Crippen LogP contribution < -0.4 is 15.4 Å². The highest BCUT2D eigenvalue weighted by molar-refractivity contribution is 7.12. The van der Waals surface area contributed by atoms with Crippen molar-refractivity contribution >= 4 is 34.2 Å². The summed E-state index contributed by atoms with van der Waals surface area (Å²) in [4.78, 5) is 45.7. The summed E-state index contributed by atoms with van der Waals surface area (Å²) in [7, 11) is 1.27. The van der Waals surface area contributed by atoms with Gasteiger partial charge in [0.25, 0.3) is 0 Å². The lowest BCUT2D eigenvalue weighted by Gasteiger charge is -2.30. The smallest absolute Gasteiger partial charge is 0.407 e. The molecule has 6 heterocycles. The average molecular weight is 779 g/mol. The topological polar surface area (TPSA) is 142 Å². The lowest BCUT2D eigenvalue weighted by atomic mass is 10.0. The number of aromatic amines is 2. The van der Waals surface area contributed by atoms with Gasteiger partial charge in [-0.1, -0.05) is 33.8 Å². The maximum absolute atomic E-state index is 16.6. The normalized spacial score (nSPS) is 16.8. The fourth-order valence-corrected chi connectivity index (χ4v) is 8.76. The second kappa shape index (κ2) is 15.6. The number of nitrogens with zero attached hydrogens (tertiary/aromatic N) is 4. The predicted octanol–water partition coefficient (Wildman–Crippen LogP) is 8.33. The molecule has 0 aliphatic carbocycles. The van der Waals surface area contributed by atoms with E-state index < -0.39 is 24.2 Å². The van der Waals surface area contributed by atoms with Crippen LogP contribution in [-0.2, 0) is 22.5 Å². The molecule has 292 valence electrons. The highest BCUT2D eigenvalue weighted by atomic mass is 32.1. The van der Waals surface area contributed by atoms with Crippen molar-refractivity contribution in [2.75, 3.05) is 20.2 Å². The monoisotopic (exact) mass is 778 g/mol. The maximum atomic E-state index is 16.6. The summed E-state index contributed by atoms with van der Waals surface area (Å²) in [5, 5.41) is 7.14. The van der Waals surface area contributed by atoms with Crippen LogP contribution in [0.4, 0.5) is 9.18 Å². The van der Waals surface area contributed by atoms with E-state index >= 15 is 4.39 Å². The summed E-state index contributed by atoms with van der Waals surface area (Å²) in [6.45, 7) is 9.49. The van der Waals surface area contributed by atoms with Gasteiger partial charge >= 0.3 is 6.09 Å². The zero-order chi connectivity index (χ0) is 39.1. The minimum Gasteiger partial charge on any atom is -0.464 e. The van der Waals surface area contributed by atoms with Crippen molar-refractivity contribution < 1.29 is 23.5 Å². The number of alkyl carbamates (subject to hydrolysis) is 1. The first-order valence-electron chi connectivity index (χ1n) is 19.4. The van der Waals surface area contributed by atoms with Gasteiger partial charge in [-0.05, 0) is 80.6 Å². The Morgan fingerprint density at radius 2 is 1.89 bits per heavy atom. The molecule has 56 heavy (non-hydrogen) atoms. The van der Waals surface area contributed by atoms with Gasteiger partial charge in [-0.3, -0.25) is 9.36 Å². The second-order valence-corrected chi connectivity index (χ2v) is 16.0. The molecule has 3 atom stereocenters. The molecule has 2 amide bonds. The summed E-state index contributed by atoms with van der Waals surface area (Å²) in [5.41, 5.74) is 5.17. The summed E-state index contributed by atoms with van der Waals surface area (Å²) in [6.07, 6.45) is 6.17. The summed E-state index contributed by atoms with van der Waals surface area (Å²) in [5.74, 6) is 1.09. The molecule has 6 aromatic rings. The Morgan fingerprint density at radius 3 is 2.62 bits per heavy atom. The number of amides is 2. The van der Waals surface area contributed by atoms with Gasteiger partial charge < -0.3 is 35.0 Å². The molecule has 2 aliphatic rings. The molecule has 14 heteroatoms. The molecule has 1 fully saturated rings. The van der Waals surface area contributed by atoms with E-state index in [1.165, 1.54) is 18.1 Å². The number of H-pyrrole nitrogens is 2. The number of carbonyl (C=O) groups is 2. The van der Waals surface area contributed by atoms with Crippen molar-refractivity contribution in [2.45, 2.75) is 78.2 Å². The van der Waals surface area contributed by atoms with Crippen molar-refractivity contribution in [3.8, 4) is 39.5 Å². The van der Waals surface area contributed by atoms with Crippen LogP contribution in [0.25, 0.3) is 44.7 Å². The molecule has 4 aromatic heterocycles. The van der Waals surface area contributed by atoms with Crippen LogP contribution in [0.3, 0.4) is 0 Å². The van der Waals surface area contributed by atoms with E-state index in [1.807, 2.05) is 39.1 Å². The highest BCUT2D eigenvalue weighted by Crippen LogP contribution is 2.48. The maximum Gasteiger partial charge on any atom is 0.407 e. The van der Waals surface area contributed by atoms with Crippen LogP contribution in [0, 0.1) is 11.7 Å². The minimum absolute atomic E-state index is 0.164. The molecule has 0 saturated carbocycles. The Bertz CT molecular complexity index is 2390. The number of imidazole rings is 2. The molecule has 2 aliphatic heterocycles. The molecule has 1 saturated heterocycles. The number of hydrogen-bond acceptors (Lipinski definition) is 8. The van der Waals surface area contributed by atoms with Gasteiger partial charge in [-0.25, -0.2) is 19.2 Å². The van der Waals surface area contributed by atoms with Gasteiger partial charge in [-0.2, -0.15) is 0 Å². The number of fused-ring (bicyclic) bond motifs is 5. The highest BCUT2D eigenvalue weighted by Gasteiger charge is 2.34. The van der Waals surface area contributed by atoms with E-state index in [4.69, 9.17) is 9.47 Å².